The van der Waals surface area contributed by atoms with Crippen LogP contribution in [0.3, 0.4) is 0 Å². The highest BCUT2D eigenvalue weighted by Crippen LogP contribution is 2.22. The molecule has 20 heavy (non-hydrogen) atoms. The molecule has 0 amide bonds. The zero-order chi connectivity index (χ0) is 14.4. The van der Waals surface area contributed by atoms with Crippen molar-refractivity contribution in [3.63, 3.8) is 0 Å². The third kappa shape index (κ3) is 4.18. The molecule has 0 aliphatic rings. The van der Waals surface area contributed by atoms with Gasteiger partial charge in [0.25, 0.3) is 0 Å². The lowest BCUT2D eigenvalue weighted by atomic mass is 10.2. The van der Waals surface area contributed by atoms with Crippen LogP contribution >= 0.6 is 15.9 Å². The van der Waals surface area contributed by atoms with Crippen LogP contribution in [0.25, 0.3) is 0 Å². The second-order valence-electron chi connectivity index (χ2n) is 4.41. The number of benzene rings is 1. The number of anilines is 3. The average Bonchev–Trinajstić information content (AvgIpc) is 2.44. The Balaban J connectivity index is 2.05. The number of aryl methyl sites for hydroxylation is 1. The van der Waals surface area contributed by atoms with Crippen LogP contribution < -0.4 is 16.0 Å². The molecule has 0 saturated carbocycles. The first kappa shape index (κ1) is 14.7. The highest BCUT2D eigenvalue weighted by Gasteiger charge is 2.01. The van der Waals surface area contributed by atoms with Crippen molar-refractivity contribution in [2.75, 3.05) is 30.8 Å². The minimum Gasteiger partial charge on any atom is -0.369 e. The number of nitrogens with one attached hydrogen (secondary N) is 3. The summed E-state index contributed by atoms with van der Waals surface area (Å²) in [5.74, 6) is 1.58. The van der Waals surface area contributed by atoms with Crippen LogP contribution in [0.5, 0.6) is 0 Å². The maximum atomic E-state index is 4.23. The quantitative estimate of drug-likeness (QED) is 0.708. The molecule has 1 aromatic heterocycles. The van der Waals surface area contributed by atoms with Gasteiger partial charge in [0, 0.05) is 29.3 Å². The minimum absolute atomic E-state index is 0.772. The van der Waals surface area contributed by atoms with Gasteiger partial charge in [0.1, 0.15) is 18.0 Å². The number of nitrogens with zero attached hydrogens (tertiary/aromatic N) is 2. The molecule has 0 atom stereocenters. The fourth-order valence-corrected chi connectivity index (χ4v) is 1.95. The normalized spacial score (nSPS) is 10.3. The number of hydrogen-bond donors (Lipinski definition) is 3. The fraction of sp³-hybridized carbons (Fsp3) is 0.286. The first-order valence-corrected chi connectivity index (χ1v) is 7.22. The molecule has 0 aliphatic carbocycles. The van der Waals surface area contributed by atoms with Crippen LogP contribution in [-0.2, 0) is 0 Å². The first-order valence-electron chi connectivity index (χ1n) is 6.43. The molecule has 106 valence electrons. The maximum Gasteiger partial charge on any atom is 0.135 e. The van der Waals surface area contributed by atoms with Crippen molar-refractivity contribution in [1.82, 2.24) is 15.3 Å². The third-order valence-electron chi connectivity index (χ3n) is 2.78. The van der Waals surface area contributed by atoms with Crippen LogP contribution in [0.4, 0.5) is 17.3 Å². The van der Waals surface area contributed by atoms with E-state index in [0.717, 1.165) is 34.9 Å². The zero-order valence-corrected chi connectivity index (χ0v) is 13.2. The molecule has 1 heterocycles. The Morgan fingerprint density at radius 2 is 1.90 bits per heavy atom. The van der Waals surface area contributed by atoms with Gasteiger partial charge in [-0.1, -0.05) is 15.9 Å². The lowest BCUT2D eigenvalue weighted by Gasteiger charge is -2.09. The fourth-order valence-electron chi connectivity index (χ4n) is 1.71. The molecule has 1 aromatic carbocycles. The Morgan fingerprint density at radius 1 is 1.10 bits per heavy atom. The highest BCUT2D eigenvalue weighted by molar-refractivity contribution is 9.10. The average molecular weight is 336 g/mol. The summed E-state index contributed by atoms with van der Waals surface area (Å²) in [4.78, 5) is 8.41. The van der Waals surface area contributed by atoms with E-state index in [4.69, 9.17) is 0 Å². The molecule has 2 rings (SSSR count). The van der Waals surface area contributed by atoms with Crippen molar-refractivity contribution in [3.8, 4) is 0 Å². The highest BCUT2D eigenvalue weighted by atomic mass is 79.9. The van der Waals surface area contributed by atoms with E-state index in [1.807, 2.05) is 25.2 Å². The first-order chi connectivity index (χ1) is 9.69. The van der Waals surface area contributed by atoms with Gasteiger partial charge in [-0.3, -0.25) is 0 Å². The van der Waals surface area contributed by atoms with Gasteiger partial charge in [0.05, 0.1) is 0 Å². The molecule has 0 fully saturated rings. The smallest absolute Gasteiger partial charge is 0.135 e. The molecule has 0 saturated heterocycles. The van der Waals surface area contributed by atoms with Crippen LogP contribution in [0.15, 0.2) is 35.1 Å². The molecule has 5 nitrogen and oxygen atoms in total. The summed E-state index contributed by atoms with van der Waals surface area (Å²) in [6, 6.07) is 7.99. The summed E-state index contributed by atoms with van der Waals surface area (Å²) in [7, 11) is 1.92. The predicted molar refractivity (Wildman–Crippen MR) is 86.6 cm³/mol. The van der Waals surface area contributed by atoms with Crippen LogP contribution in [0.1, 0.15) is 5.56 Å². The van der Waals surface area contributed by atoms with Crippen molar-refractivity contribution in [2.45, 2.75) is 6.92 Å². The molecule has 0 aliphatic heterocycles. The van der Waals surface area contributed by atoms with Crippen LogP contribution in [-0.4, -0.2) is 30.1 Å². The Kier molecular flexibility index (Phi) is 5.31. The molecular weight excluding hydrogens is 318 g/mol. The topological polar surface area (TPSA) is 61.9 Å². The lowest BCUT2D eigenvalue weighted by Crippen LogP contribution is -2.18. The minimum atomic E-state index is 0.772. The number of rotatable bonds is 6. The molecule has 0 unspecified atom stereocenters. The Bertz CT molecular complexity index is 573. The van der Waals surface area contributed by atoms with Crippen molar-refractivity contribution in [3.05, 3.63) is 40.6 Å². The largest absolute Gasteiger partial charge is 0.369 e. The lowest BCUT2D eigenvalue weighted by molar-refractivity contribution is 0.821. The molecule has 2 aromatic rings. The third-order valence-corrected chi connectivity index (χ3v) is 3.67. The second kappa shape index (κ2) is 7.21. The summed E-state index contributed by atoms with van der Waals surface area (Å²) < 4.78 is 1.10. The van der Waals surface area contributed by atoms with E-state index < -0.39 is 0 Å². The zero-order valence-electron chi connectivity index (χ0n) is 11.6. The maximum absolute atomic E-state index is 4.23. The Labute approximate surface area is 127 Å². The monoisotopic (exact) mass is 335 g/mol. The van der Waals surface area contributed by atoms with Gasteiger partial charge in [0.15, 0.2) is 0 Å². The number of hydrogen-bond acceptors (Lipinski definition) is 5. The summed E-state index contributed by atoms with van der Waals surface area (Å²) in [5.41, 5.74) is 2.18. The van der Waals surface area contributed by atoms with Crippen molar-refractivity contribution in [2.24, 2.45) is 0 Å². The summed E-state index contributed by atoms with van der Waals surface area (Å²) in [6.45, 7) is 3.77. The van der Waals surface area contributed by atoms with E-state index >= 15 is 0 Å². The van der Waals surface area contributed by atoms with Gasteiger partial charge in [-0.05, 0) is 37.7 Å². The molecule has 0 radical (unpaired) electrons. The van der Waals surface area contributed by atoms with Gasteiger partial charge in [-0.2, -0.15) is 0 Å². The predicted octanol–water partition coefficient (Wildman–Crippen LogP) is 2.92. The number of aromatic nitrogens is 2. The van der Waals surface area contributed by atoms with Crippen LogP contribution in [0.2, 0.25) is 0 Å². The Morgan fingerprint density at radius 3 is 2.65 bits per heavy atom. The van der Waals surface area contributed by atoms with Crippen LogP contribution in [0, 0.1) is 6.92 Å². The van der Waals surface area contributed by atoms with Gasteiger partial charge >= 0.3 is 0 Å². The summed E-state index contributed by atoms with van der Waals surface area (Å²) >= 11 is 3.49. The Hall–Kier alpha value is -1.66. The van der Waals surface area contributed by atoms with E-state index in [2.05, 4.69) is 54.8 Å². The van der Waals surface area contributed by atoms with E-state index in [1.54, 1.807) is 6.33 Å². The van der Waals surface area contributed by atoms with E-state index in [-0.39, 0.29) is 0 Å². The molecule has 0 spiro atoms. The molecule has 0 bridgehead atoms. The summed E-state index contributed by atoms with van der Waals surface area (Å²) in [5, 5.41) is 9.58. The van der Waals surface area contributed by atoms with Crippen molar-refractivity contribution in [1.29, 1.82) is 0 Å². The van der Waals surface area contributed by atoms with E-state index in [0.29, 0.717) is 0 Å². The number of likely N-dealkylation sites (N-methyl/N-ethyl adjacent to an activating group) is 1. The van der Waals surface area contributed by atoms with Crippen molar-refractivity contribution >= 4 is 33.3 Å². The van der Waals surface area contributed by atoms with Gasteiger partial charge < -0.3 is 16.0 Å². The van der Waals surface area contributed by atoms with Gasteiger partial charge in [-0.25, -0.2) is 9.97 Å². The molecular formula is C14H18BrN5. The SMILES string of the molecule is CNCCNc1cc(Nc2ccc(Br)c(C)c2)ncn1. The van der Waals surface area contributed by atoms with E-state index in [9.17, 15) is 0 Å². The van der Waals surface area contributed by atoms with E-state index in [1.165, 1.54) is 5.56 Å². The van der Waals surface area contributed by atoms with Gasteiger partial charge in [0.2, 0.25) is 0 Å². The molecule has 6 heteroatoms. The second-order valence-corrected chi connectivity index (χ2v) is 5.26. The van der Waals surface area contributed by atoms with Gasteiger partial charge in [-0.15, -0.1) is 0 Å². The summed E-state index contributed by atoms with van der Waals surface area (Å²) in [6.07, 6.45) is 1.55. The standard InChI is InChI=1S/C14H18BrN5/c1-10-7-11(3-4-12(10)15)20-14-8-13(18-9-19-14)17-6-5-16-2/h3-4,7-9,16H,5-6H2,1-2H3,(H2,17,18,19,20). The molecule has 3 N–H and O–H groups in total. The van der Waals surface area contributed by atoms with Crippen molar-refractivity contribution < 1.29 is 0 Å². The number of halogens is 1.